The molecule has 0 aliphatic heterocycles. The lowest BCUT2D eigenvalue weighted by molar-refractivity contribution is -0.144. The molecule has 0 unspecified atom stereocenters. The largest absolute Gasteiger partial charge is 0.480 e. The average molecular weight is 383 g/mol. The summed E-state index contributed by atoms with van der Waals surface area (Å²) in [7, 11) is 0. The smallest absolute Gasteiger partial charge is 0.326 e. The van der Waals surface area contributed by atoms with Gasteiger partial charge in [-0.05, 0) is 18.9 Å². The number of rotatable bonds is 7. The van der Waals surface area contributed by atoms with Gasteiger partial charge in [0.15, 0.2) is 6.10 Å². The Hall–Kier alpha value is -1.17. The van der Waals surface area contributed by atoms with Gasteiger partial charge in [-0.2, -0.15) is 0 Å². The van der Waals surface area contributed by atoms with Crippen molar-refractivity contribution in [3.8, 4) is 5.75 Å². The van der Waals surface area contributed by atoms with E-state index >= 15 is 0 Å². The summed E-state index contributed by atoms with van der Waals surface area (Å²) in [6, 6.07) is 1.83. The molecule has 0 aliphatic carbocycles. The van der Waals surface area contributed by atoms with Crippen LogP contribution in [0.5, 0.6) is 5.75 Å². The molecule has 0 saturated carbocycles. The van der Waals surface area contributed by atoms with Crippen LogP contribution in [0.2, 0.25) is 15.1 Å². The van der Waals surface area contributed by atoms with Gasteiger partial charge in [0.05, 0.1) is 15.1 Å². The van der Waals surface area contributed by atoms with Crippen molar-refractivity contribution in [1.29, 1.82) is 0 Å². The van der Waals surface area contributed by atoms with Gasteiger partial charge in [0.25, 0.3) is 5.91 Å². The number of carboxylic acid groups (broad SMARTS) is 1. The highest BCUT2D eigenvalue weighted by Gasteiger charge is 2.28. The van der Waals surface area contributed by atoms with Gasteiger partial charge in [-0.1, -0.05) is 55.1 Å². The third kappa shape index (κ3) is 5.44. The number of ether oxygens (including phenoxy) is 1. The van der Waals surface area contributed by atoms with Crippen LogP contribution in [0.25, 0.3) is 0 Å². The van der Waals surface area contributed by atoms with Crippen LogP contribution in [-0.4, -0.2) is 29.1 Å². The van der Waals surface area contributed by atoms with E-state index in [0.717, 1.165) is 0 Å². The molecule has 5 nitrogen and oxygen atoms in total. The summed E-state index contributed by atoms with van der Waals surface area (Å²) in [5.41, 5.74) is 0. The van der Waals surface area contributed by atoms with Gasteiger partial charge in [0.1, 0.15) is 11.8 Å². The van der Waals surface area contributed by atoms with Crippen LogP contribution in [0, 0.1) is 5.92 Å². The molecule has 23 heavy (non-hydrogen) atoms. The number of nitrogens with one attached hydrogen (secondary N) is 1. The van der Waals surface area contributed by atoms with E-state index in [9.17, 15) is 14.7 Å². The van der Waals surface area contributed by atoms with E-state index in [4.69, 9.17) is 39.5 Å². The number of carboxylic acids is 1. The van der Waals surface area contributed by atoms with Crippen LogP contribution >= 0.6 is 34.8 Å². The number of amides is 1. The Kier molecular flexibility index (Phi) is 7.45. The number of hydrogen-bond donors (Lipinski definition) is 2. The van der Waals surface area contributed by atoms with Crippen LogP contribution in [-0.2, 0) is 9.59 Å². The van der Waals surface area contributed by atoms with E-state index in [2.05, 4.69) is 5.32 Å². The maximum atomic E-state index is 12.1. The minimum Gasteiger partial charge on any atom is -0.480 e. The van der Waals surface area contributed by atoms with Crippen molar-refractivity contribution in [2.75, 3.05) is 0 Å². The summed E-state index contributed by atoms with van der Waals surface area (Å²) in [6.45, 7) is 5.09. The Morgan fingerprint density at radius 3 is 2.26 bits per heavy atom. The van der Waals surface area contributed by atoms with E-state index in [1.54, 1.807) is 6.92 Å². The maximum absolute atomic E-state index is 12.1. The van der Waals surface area contributed by atoms with E-state index < -0.39 is 24.0 Å². The molecule has 128 valence electrons. The van der Waals surface area contributed by atoms with Crippen molar-refractivity contribution in [3.63, 3.8) is 0 Å². The van der Waals surface area contributed by atoms with Gasteiger partial charge in [-0.25, -0.2) is 4.79 Å². The zero-order chi connectivity index (χ0) is 17.7. The summed E-state index contributed by atoms with van der Waals surface area (Å²) in [5.74, 6) is -1.66. The van der Waals surface area contributed by atoms with Gasteiger partial charge >= 0.3 is 5.97 Å². The number of carbonyl (C=O) groups excluding carboxylic acids is 1. The van der Waals surface area contributed by atoms with E-state index in [1.165, 1.54) is 19.1 Å². The van der Waals surface area contributed by atoms with E-state index in [0.29, 0.717) is 6.42 Å². The first kappa shape index (κ1) is 19.9. The number of carbonyl (C=O) groups is 2. The van der Waals surface area contributed by atoms with Crippen molar-refractivity contribution in [2.24, 2.45) is 5.92 Å². The van der Waals surface area contributed by atoms with Crippen molar-refractivity contribution in [2.45, 2.75) is 39.3 Å². The molecule has 0 spiro atoms. The normalized spacial score (nSPS) is 14.7. The van der Waals surface area contributed by atoms with Crippen LogP contribution in [0.4, 0.5) is 0 Å². The molecular formula is C15H18Cl3NO4. The molecule has 1 aromatic rings. The number of hydrogen-bond acceptors (Lipinski definition) is 3. The molecule has 0 aliphatic rings. The highest BCUT2D eigenvalue weighted by atomic mass is 35.5. The first-order chi connectivity index (χ1) is 10.7. The molecule has 0 saturated heterocycles. The number of halogens is 3. The van der Waals surface area contributed by atoms with Crippen LogP contribution in [0.1, 0.15) is 27.2 Å². The summed E-state index contributed by atoms with van der Waals surface area (Å²) in [5, 5.41) is 12.4. The zero-order valence-electron chi connectivity index (χ0n) is 12.9. The summed E-state index contributed by atoms with van der Waals surface area (Å²) in [6.07, 6.45) is -0.332. The van der Waals surface area contributed by atoms with Gasteiger partial charge in [0, 0.05) is 6.07 Å². The SMILES string of the molecule is CC[C@@H](C)[C@H](NC(=O)[C@@H](C)Oc1cc(Cl)c(Cl)cc1Cl)C(=O)O. The third-order valence-corrected chi connectivity index (χ3v) is 4.44. The first-order valence-corrected chi connectivity index (χ1v) is 8.15. The monoisotopic (exact) mass is 381 g/mol. The molecule has 0 bridgehead atoms. The Balaban J connectivity index is 2.81. The molecule has 1 amide bonds. The van der Waals surface area contributed by atoms with E-state index in [-0.39, 0.29) is 26.7 Å². The van der Waals surface area contributed by atoms with Gasteiger partial charge < -0.3 is 15.2 Å². The van der Waals surface area contributed by atoms with Crippen molar-refractivity contribution >= 4 is 46.7 Å². The Morgan fingerprint density at radius 2 is 1.74 bits per heavy atom. The fourth-order valence-corrected chi connectivity index (χ4v) is 2.37. The Bertz CT molecular complexity index is 594. The number of aliphatic carboxylic acids is 1. The quantitative estimate of drug-likeness (QED) is 0.698. The lowest BCUT2D eigenvalue weighted by atomic mass is 9.99. The Morgan fingerprint density at radius 1 is 1.17 bits per heavy atom. The van der Waals surface area contributed by atoms with Crippen LogP contribution in [0.3, 0.4) is 0 Å². The first-order valence-electron chi connectivity index (χ1n) is 7.01. The fraction of sp³-hybridized carbons (Fsp3) is 0.467. The molecule has 0 aromatic heterocycles. The summed E-state index contributed by atoms with van der Waals surface area (Å²) in [4.78, 5) is 23.4. The molecule has 0 fully saturated rings. The van der Waals surface area contributed by atoms with Crippen molar-refractivity contribution in [3.05, 3.63) is 27.2 Å². The Labute approximate surface area is 149 Å². The number of benzene rings is 1. The highest BCUT2D eigenvalue weighted by Crippen LogP contribution is 2.34. The zero-order valence-corrected chi connectivity index (χ0v) is 15.2. The van der Waals surface area contributed by atoms with Crippen LogP contribution < -0.4 is 10.1 Å². The van der Waals surface area contributed by atoms with Gasteiger partial charge in [-0.15, -0.1) is 0 Å². The molecule has 3 atom stereocenters. The predicted octanol–water partition coefficient (Wildman–Crippen LogP) is 4.03. The molecule has 0 heterocycles. The summed E-state index contributed by atoms with van der Waals surface area (Å²) < 4.78 is 5.46. The minimum atomic E-state index is -1.09. The highest BCUT2D eigenvalue weighted by molar-refractivity contribution is 6.43. The molecular weight excluding hydrogens is 365 g/mol. The second kappa shape index (κ2) is 8.62. The third-order valence-electron chi connectivity index (χ3n) is 3.42. The van der Waals surface area contributed by atoms with Gasteiger partial charge in [0.2, 0.25) is 0 Å². The molecule has 0 radical (unpaired) electrons. The molecule has 8 heteroatoms. The maximum Gasteiger partial charge on any atom is 0.326 e. The van der Waals surface area contributed by atoms with Gasteiger partial charge in [-0.3, -0.25) is 4.79 Å². The predicted molar refractivity (Wildman–Crippen MR) is 90.6 cm³/mol. The topological polar surface area (TPSA) is 75.6 Å². The molecule has 2 N–H and O–H groups in total. The standard InChI is InChI=1S/C15H18Cl3NO4/c1-4-7(2)13(15(21)22)19-14(20)8(3)23-12-6-10(17)9(16)5-11(12)18/h5-8,13H,4H2,1-3H3,(H,19,20)(H,21,22)/t7-,8-,13+/m1/s1. The second-order valence-corrected chi connectivity index (χ2v) is 6.39. The fourth-order valence-electron chi connectivity index (χ4n) is 1.79. The lowest BCUT2D eigenvalue weighted by Gasteiger charge is -2.23. The molecule has 1 rings (SSSR count). The second-order valence-electron chi connectivity index (χ2n) is 5.17. The van der Waals surface area contributed by atoms with Crippen molar-refractivity contribution < 1.29 is 19.4 Å². The minimum absolute atomic E-state index is 0.194. The summed E-state index contributed by atoms with van der Waals surface area (Å²) >= 11 is 17.7. The lowest BCUT2D eigenvalue weighted by Crippen LogP contribution is -2.49. The van der Waals surface area contributed by atoms with E-state index in [1.807, 2.05) is 6.92 Å². The van der Waals surface area contributed by atoms with Crippen LogP contribution in [0.15, 0.2) is 12.1 Å². The average Bonchev–Trinajstić information content (AvgIpc) is 2.48. The van der Waals surface area contributed by atoms with Crippen molar-refractivity contribution in [1.82, 2.24) is 5.32 Å². The molecule has 1 aromatic carbocycles.